The maximum Gasteiger partial charge on any atom is 0.261 e. The third-order valence-corrected chi connectivity index (χ3v) is 4.25. The number of hydrogen-bond donors (Lipinski definition) is 0. The molecule has 0 bridgehead atoms. The van der Waals surface area contributed by atoms with Crippen molar-refractivity contribution in [3.63, 3.8) is 0 Å². The van der Waals surface area contributed by atoms with Crippen LogP contribution >= 0.6 is 0 Å². The van der Waals surface area contributed by atoms with Gasteiger partial charge in [0.2, 0.25) is 5.91 Å². The number of nitrogens with zero attached hydrogens (tertiary/aromatic N) is 2. The monoisotopic (exact) mass is 336 g/mol. The fourth-order valence-corrected chi connectivity index (χ4v) is 2.93. The lowest BCUT2D eigenvalue weighted by Crippen LogP contribution is -2.42. The van der Waals surface area contributed by atoms with Crippen LogP contribution in [0.2, 0.25) is 0 Å². The molecule has 1 aliphatic heterocycles. The Balaban J connectivity index is 1.80. The minimum atomic E-state index is -0.300. The fourth-order valence-electron chi connectivity index (χ4n) is 2.93. The van der Waals surface area contributed by atoms with Gasteiger partial charge in [-0.3, -0.25) is 19.3 Å². The Morgan fingerprint density at radius 1 is 0.920 bits per heavy atom. The SMILES string of the molecule is CC(C)C(=O)N(CCN1C(=O)c2ccccc2C1=O)c1ccccc1. The average molecular weight is 336 g/mol. The Morgan fingerprint density at radius 3 is 1.96 bits per heavy atom. The number of benzene rings is 2. The summed E-state index contributed by atoms with van der Waals surface area (Å²) in [5.41, 5.74) is 1.61. The van der Waals surface area contributed by atoms with Gasteiger partial charge in [0.1, 0.15) is 0 Å². The van der Waals surface area contributed by atoms with E-state index in [0.29, 0.717) is 11.1 Å². The van der Waals surface area contributed by atoms with E-state index >= 15 is 0 Å². The standard InChI is InChI=1S/C20H20N2O3/c1-14(2)18(23)21(15-8-4-3-5-9-15)12-13-22-19(24)16-10-6-7-11-17(16)20(22)25/h3-11,14H,12-13H2,1-2H3. The molecule has 0 atom stereocenters. The summed E-state index contributed by atoms with van der Waals surface area (Å²) < 4.78 is 0. The molecule has 1 aliphatic rings. The van der Waals surface area contributed by atoms with Crippen molar-refractivity contribution in [3.8, 4) is 0 Å². The van der Waals surface area contributed by atoms with E-state index in [1.807, 2.05) is 44.2 Å². The zero-order chi connectivity index (χ0) is 18.0. The summed E-state index contributed by atoms with van der Waals surface area (Å²) in [4.78, 5) is 40.3. The van der Waals surface area contributed by atoms with Gasteiger partial charge in [-0.2, -0.15) is 0 Å². The van der Waals surface area contributed by atoms with Crippen LogP contribution in [0.1, 0.15) is 34.6 Å². The van der Waals surface area contributed by atoms with Gasteiger partial charge in [-0.15, -0.1) is 0 Å². The van der Waals surface area contributed by atoms with Crippen LogP contribution in [0.4, 0.5) is 5.69 Å². The first kappa shape index (κ1) is 16.9. The Hall–Kier alpha value is -2.95. The van der Waals surface area contributed by atoms with Gasteiger partial charge in [-0.05, 0) is 24.3 Å². The van der Waals surface area contributed by atoms with Gasteiger partial charge < -0.3 is 4.90 Å². The molecule has 5 heteroatoms. The number of rotatable bonds is 5. The third kappa shape index (κ3) is 3.18. The molecule has 128 valence electrons. The summed E-state index contributed by atoms with van der Waals surface area (Å²) in [5, 5.41) is 0. The zero-order valence-corrected chi connectivity index (χ0v) is 14.3. The molecule has 3 amide bonds. The van der Waals surface area contributed by atoms with Crippen molar-refractivity contribution in [1.82, 2.24) is 4.90 Å². The molecule has 5 nitrogen and oxygen atoms in total. The lowest BCUT2D eigenvalue weighted by Gasteiger charge is -2.26. The Labute approximate surface area is 146 Å². The molecule has 2 aromatic carbocycles. The number of carbonyl (C=O) groups excluding carboxylic acids is 3. The Bertz CT molecular complexity index is 780. The van der Waals surface area contributed by atoms with E-state index in [9.17, 15) is 14.4 Å². The molecule has 2 aromatic rings. The minimum Gasteiger partial charge on any atom is -0.310 e. The molecular weight excluding hydrogens is 316 g/mol. The van der Waals surface area contributed by atoms with E-state index in [4.69, 9.17) is 0 Å². The van der Waals surface area contributed by atoms with Gasteiger partial charge in [0.25, 0.3) is 11.8 Å². The van der Waals surface area contributed by atoms with Crippen molar-refractivity contribution in [1.29, 1.82) is 0 Å². The summed E-state index contributed by atoms with van der Waals surface area (Å²) in [6, 6.07) is 16.1. The molecule has 0 unspecified atom stereocenters. The van der Waals surface area contributed by atoms with Crippen LogP contribution in [-0.4, -0.2) is 35.7 Å². The molecule has 0 spiro atoms. The van der Waals surface area contributed by atoms with Crippen LogP contribution in [0.5, 0.6) is 0 Å². The molecule has 1 heterocycles. The van der Waals surface area contributed by atoms with Crippen molar-refractivity contribution in [2.75, 3.05) is 18.0 Å². The highest BCUT2D eigenvalue weighted by Gasteiger charge is 2.35. The van der Waals surface area contributed by atoms with Crippen molar-refractivity contribution in [3.05, 3.63) is 65.7 Å². The molecule has 0 saturated carbocycles. The molecule has 25 heavy (non-hydrogen) atoms. The molecule has 0 fully saturated rings. The number of para-hydroxylation sites is 1. The van der Waals surface area contributed by atoms with E-state index in [1.165, 1.54) is 4.90 Å². The second kappa shape index (κ2) is 6.89. The third-order valence-electron chi connectivity index (χ3n) is 4.25. The highest BCUT2D eigenvalue weighted by atomic mass is 16.2. The first-order valence-electron chi connectivity index (χ1n) is 8.32. The van der Waals surface area contributed by atoms with E-state index in [-0.39, 0.29) is 36.7 Å². The lowest BCUT2D eigenvalue weighted by atomic mass is 10.1. The van der Waals surface area contributed by atoms with Crippen LogP contribution in [0, 0.1) is 5.92 Å². The smallest absolute Gasteiger partial charge is 0.261 e. The first-order chi connectivity index (χ1) is 12.0. The summed E-state index contributed by atoms with van der Waals surface area (Å²) >= 11 is 0. The second-order valence-electron chi connectivity index (χ2n) is 6.29. The van der Waals surface area contributed by atoms with Gasteiger partial charge in [-0.25, -0.2) is 0 Å². The van der Waals surface area contributed by atoms with E-state index < -0.39 is 0 Å². The van der Waals surface area contributed by atoms with Crippen molar-refractivity contribution in [2.24, 2.45) is 5.92 Å². The van der Waals surface area contributed by atoms with Gasteiger partial charge in [0.05, 0.1) is 11.1 Å². The molecule has 0 N–H and O–H groups in total. The normalized spacial score (nSPS) is 13.3. The highest BCUT2D eigenvalue weighted by Crippen LogP contribution is 2.23. The van der Waals surface area contributed by atoms with Crippen molar-refractivity contribution < 1.29 is 14.4 Å². The lowest BCUT2D eigenvalue weighted by molar-refractivity contribution is -0.121. The maximum absolute atomic E-state index is 12.6. The molecule has 0 radical (unpaired) electrons. The molecule has 3 rings (SSSR count). The van der Waals surface area contributed by atoms with Crippen molar-refractivity contribution >= 4 is 23.4 Å². The number of hydrogen-bond acceptors (Lipinski definition) is 3. The number of fused-ring (bicyclic) bond motifs is 1. The zero-order valence-electron chi connectivity index (χ0n) is 14.3. The predicted octanol–water partition coefficient (Wildman–Crippen LogP) is 2.97. The largest absolute Gasteiger partial charge is 0.310 e. The van der Waals surface area contributed by atoms with Crippen LogP contribution in [-0.2, 0) is 4.79 Å². The quantitative estimate of drug-likeness (QED) is 0.789. The average Bonchev–Trinajstić information content (AvgIpc) is 2.87. The fraction of sp³-hybridized carbons (Fsp3) is 0.250. The number of anilines is 1. The molecule has 0 saturated heterocycles. The summed E-state index contributed by atoms with van der Waals surface area (Å²) in [7, 11) is 0. The first-order valence-corrected chi connectivity index (χ1v) is 8.32. The summed E-state index contributed by atoms with van der Waals surface area (Å²) in [5.74, 6) is -0.818. The minimum absolute atomic E-state index is 0.0391. The van der Waals surface area contributed by atoms with Crippen LogP contribution in [0.25, 0.3) is 0 Å². The molecule has 0 aliphatic carbocycles. The Morgan fingerprint density at radius 2 is 1.44 bits per heavy atom. The number of amides is 3. The number of carbonyl (C=O) groups is 3. The second-order valence-corrected chi connectivity index (χ2v) is 6.29. The molecular formula is C20H20N2O3. The Kier molecular flexibility index (Phi) is 4.65. The van der Waals surface area contributed by atoms with Crippen molar-refractivity contribution in [2.45, 2.75) is 13.8 Å². The van der Waals surface area contributed by atoms with Crippen LogP contribution < -0.4 is 4.90 Å². The van der Waals surface area contributed by atoms with Crippen LogP contribution in [0.15, 0.2) is 54.6 Å². The van der Waals surface area contributed by atoms with Gasteiger partial charge >= 0.3 is 0 Å². The topological polar surface area (TPSA) is 57.7 Å². The van der Waals surface area contributed by atoms with Gasteiger partial charge in [0, 0.05) is 24.7 Å². The highest BCUT2D eigenvalue weighted by molar-refractivity contribution is 6.21. The summed E-state index contributed by atoms with van der Waals surface area (Å²) in [6.45, 7) is 4.10. The van der Waals surface area contributed by atoms with Crippen LogP contribution in [0.3, 0.4) is 0 Å². The van der Waals surface area contributed by atoms with E-state index in [2.05, 4.69) is 0 Å². The van der Waals surface area contributed by atoms with Gasteiger partial charge in [0.15, 0.2) is 0 Å². The number of imide groups is 1. The summed E-state index contributed by atoms with van der Waals surface area (Å²) in [6.07, 6.45) is 0. The predicted molar refractivity (Wildman–Crippen MR) is 95.4 cm³/mol. The maximum atomic E-state index is 12.6. The van der Waals surface area contributed by atoms with E-state index in [1.54, 1.807) is 29.2 Å². The molecule has 0 aromatic heterocycles. The van der Waals surface area contributed by atoms with E-state index in [0.717, 1.165) is 5.69 Å². The van der Waals surface area contributed by atoms with Gasteiger partial charge in [-0.1, -0.05) is 44.2 Å².